The molecule has 2 N–H and O–H groups in total. The number of hydrogen-bond donors (Lipinski definition) is 2. The van der Waals surface area contributed by atoms with Crippen molar-refractivity contribution in [2.45, 2.75) is 65.3 Å². The van der Waals surface area contributed by atoms with Gasteiger partial charge in [-0.3, -0.25) is 19.2 Å². The minimum atomic E-state index is -0.407. The number of fused-ring (bicyclic) bond motifs is 30. The fourth-order valence-corrected chi connectivity index (χ4v) is 8.50. The van der Waals surface area contributed by atoms with Crippen LogP contribution >= 0.6 is 0 Å². The lowest BCUT2D eigenvalue weighted by Gasteiger charge is -2.06. The van der Waals surface area contributed by atoms with E-state index in [-0.39, 0.29) is 100 Å². The molecule has 0 spiro atoms. The van der Waals surface area contributed by atoms with Crippen LogP contribution in [-0.2, 0) is 13.0 Å². The molecule has 24 heteroatoms. The molecule has 11 aromatic rings. The second kappa shape index (κ2) is 21.2. The predicted octanol–water partition coefficient (Wildman–Crippen LogP) is 9.96. The lowest BCUT2D eigenvalue weighted by molar-refractivity contribution is 0.0938. The van der Waals surface area contributed by atoms with Gasteiger partial charge in [0.1, 0.15) is 84.3 Å². The van der Waals surface area contributed by atoms with Gasteiger partial charge in [-0.05, 0) is 79.6 Å². The minimum absolute atomic E-state index is 0.100. The van der Waals surface area contributed by atoms with Crippen LogP contribution in [0.1, 0.15) is 103 Å². The molecule has 10 aromatic heterocycles. The topological polar surface area (TPSA) is 326 Å². The number of aryl methyl sites for hydroxylation is 3. The molecule has 0 atom stereocenters. The number of nitrogens with zero attached hydrogens (tertiary/aromatic N) is 10. The molecule has 0 radical (unpaired) electrons. The van der Waals surface area contributed by atoms with E-state index in [9.17, 15) is 19.2 Å². The van der Waals surface area contributed by atoms with Gasteiger partial charge in [0.05, 0.1) is 0 Å². The predicted molar refractivity (Wildman–Crippen MR) is 272 cm³/mol. The summed E-state index contributed by atoms with van der Waals surface area (Å²) in [5.41, 5.74) is 7.27. The van der Waals surface area contributed by atoms with E-state index in [1.165, 1.54) is 50.1 Å². The van der Waals surface area contributed by atoms with Gasteiger partial charge >= 0.3 is 0 Å². The smallest absolute Gasteiger partial charge is 0.273 e. The molecule has 0 saturated heterocycles. The minimum Gasteiger partial charge on any atom is -0.442 e. The summed E-state index contributed by atoms with van der Waals surface area (Å²) in [5.74, 6) is 0.495. The van der Waals surface area contributed by atoms with Gasteiger partial charge in [-0.1, -0.05) is 37.1 Å². The summed E-state index contributed by atoms with van der Waals surface area (Å²) in [5, 5.41) is 5.67. The fraction of sp³-hybridized carbons (Fsp3) is 0.200. The molecule has 79 heavy (non-hydrogen) atoms. The van der Waals surface area contributed by atoms with E-state index in [4.69, 9.17) is 35.3 Å². The number of amides is 2. The van der Waals surface area contributed by atoms with Crippen molar-refractivity contribution in [2.24, 2.45) is 0 Å². The molecule has 24 nitrogen and oxygen atoms in total. The maximum atomic E-state index is 12.8. The van der Waals surface area contributed by atoms with Crippen LogP contribution in [0.5, 0.6) is 0 Å². The number of carbonyl (C=O) groups excluding carboxylic acids is 4. The first-order valence-corrected chi connectivity index (χ1v) is 24.9. The third kappa shape index (κ3) is 10.8. The van der Waals surface area contributed by atoms with Crippen molar-refractivity contribution in [2.75, 3.05) is 6.54 Å². The number of Topliss-reactive ketones (excluding diaryl/α,β-unsaturated/α-hetero) is 2. The standard InChI is InChI=1S/C29H20N6O6.C26H22N6O6/c1-15-7-18-26-34-22(13-40-26)28-32-20(11-38-28)24(36)6-5-16-3-2-4-17(9-16)10-30-25(37)21-12-39-29(33-21)23-14-41-27(35-23)19(8-15)31-18;1-14-8-15-23-31-19(12-37-23)25-29-17(10-35-25)21(33)6-4-2-3-5-7-27-22(34)18-11-36-26(30-18)20-13-38-24(32-20)16(9-14)28-15/h2-4,7-9,11-14H,5-6,10H2,1H3,(H,30,37);8-13H,2-7H2,1H3,(H,27,34). The third-order valence-electron chi connectivity index (χ3n) is 12.5. The maximum absolute atomic E-state index is 12.8. The summed E-state index contributed by atoms with van der Waals surface area (Å²) < 4.78 is 44.6. The molecule has 12 heterocycles. The number of rotatable bonds is 0. The van der Waals surface area contributed by atoms with Crippen LogP contribution < -0.4 is 10.6 Å². The molecule has 2 aliphatic heterocycles. The molecule has 394 valence electrons. The molecule has 1 aromatic carbocycles. The first-order chi connectivity index (χ1) is 38.5. The van der Waals surface area contributed by atoms with Gasteiger partial charge in [0.25, 0.3) is 11.8 Å². The molecule has 0 fully saturated rings. The van der Waals surface area contributed by atoms with E-state index < -0.39 is 5.91 Å². The van der Waals surface area contributed by atoms with Crippen molar-refractivity contribution in [1.82, 2.24) is 60.5 Å². The van der Waals surface area contributed by atoms with E-state index in [1.807, 2.05) is 38.1 Å². The fourth-order valence-electron chi connectivity index (χ4n) is 8.50. The Labute approximate surface area is 445 Å². The summed E-state index contributed by atoms with van der Waals surface area (Å²) in [4.78, 5) is 94.8. The quantitative estimate of drug-likeness (QED) is 0.143. The average Bonchev–Trinajstić information content (AvgIpc) is 4.34. The highest BCUT2D eigenvalue weighted by atomic mass is 16.4. The van der Waals surface area contributed by atoms with E-state index in [2.05, 4.69) is 60.5 Å². The van der Waals surface area contributed by atoms with Crippen LogP contribution in [-0.4, -0.2) is 79.8 Å². The summed E-state index contributed by atoms with van der Waals surface area (Å²) in [6.45, 7) is 4.53. The van der Waals surface area contributed by atoms with Gasteiger partial charge < -0.3 is 46.0 Å². The largest absolute Gasteiger partial charge is 0.442 e. The van der Waals surface area contributed by atoms with E-state index in [0.29, 0.717) is 71.4 Å². The molecule has 0 aliphatic carbocycles. The zero-order valence-corrected chi connectivity index (χ0v) is 42.0. The Morgan fingerprint density at radius 1 is 0.342 bits per heavy atom. The molecule has 0 unspecified atom stereocenters. The van der Waals surface area contributed by atoms with Gasteiger partial charge in [0.2, 0.25) is 47.1 Å². The highest BCUT2D eigenvalue weighted by Gasteiger charge is 2.24. The van der Waals surface area contributed by atoms with Crippen molar-refractivity contribution < 1.29 is 54.5 Å². The van der Waals surface area contributed by atoms with Crippen molar-refractivity contribution in [3.63, 3.8) is 0 Å². The lowest BCUT2D eigenvalue weighted by Crippen LogP contribution is -2.24. The lowest BCUT2D eigenvalue weighted by atomic mass is 10.0. The first-order valence-electron chi connectivity index (χ1n) is 24.9. The SMILES string of the molecule is Cc1cc2nc(c1)-c1nc(co1)-c1nc(co1)C(=O)NCCCCCCC(=O)c1coc(n1)-c1coc-2n1.Cc1cc2nc(c1)-c1nc(co1)-c1nc(co1)C(=O)NCc1cccc(c1)CCC(=O)c1coc(n1)-c1coc-2n1. The van der Waals surface area contributed by atoms with E-state index in [0.717, 1.165) is 41.5 Å². The molecule has 13 rings (SSSR count). The number of aromatic nitrogens is 10. The first kappa shape index (κ1) is 49.4. The zero-order valence-electron chi connectivity index (χ0n) is 42.0. The van der Waals surface area contributed by atoms with E-state index >= 15 is 0 Å². The molecule has 2 aliphatic rings. The number of hydrogen-bond acceptors (Lipinski definition) is 22. The molecular formula is C55H42N12O12. The van der Waals surface area contributed by atoms with Crippen LogP contribution in [0.2, 0.25) is 0 Å². The van der Waals surface area contributed by atoms with Crippen LogP contribution in [0.15, 0.2) is 134 Å². The molecular weight excluding hydrogens is 1020 g/mol. The Hall–Kier alpha value is -10.5. The maximum Gasteiger partial charge on any atom is 0.273 e. The monoisotopic (exact) mass is 1060 g/mol. The highest BCUT2D eigenvalue weighted by molar-refractivity contribution is 5.95. The van der Waals surface area contributed by atoms with Crippen molar-refractivity contribution in [1.29, 1.82) is 0 Å². The summed E-state index contributed by atoms with van der Waals surface area (Å²) in [6, 6.07) is 14.8. The molecule has 0 saturated carbocycles. The molecule has 22 bridgehead atoms. The van der Waals surface area contributed by atoms with Gasteiger partial charge in [0.15, 0.2) is 45.7 Å². The number of ketones is 2. The van der Waals surface area contributed by atoms with Gasteiger partial charge in [-0.15, -0.1) is 0 Å². The van der Waals surface area contributed by atoms with E-state index in [1.54, 1.807) is 24.3 Å². The van der Waals surface area contributed by atoms with Crippen molar-refractivity contribution in [3.8, 4) is 92.7 Å². The van der Waals surface area contributed by atoms with Crippen LogP contribution in [0.25, 0.3) is 92.7 Å². The Kier molecular flexibility index (Phi) is 13.3. The third-order valence-corrected chi connectivity index (χ3v) is 12.5. The van der Waals surface area contributed by atoms with Crippen molar-refractivity contribution in [3.05, 3.63) is 144 Å². The Morgan fingerprint density at radius 2 is 0.696 bits per heavy atom. The Morgan fingerprint density at radius 3 is 1.16 bits per heavy atom. The number of carbonyl (C=O) groups is 4. The number of benzene rings is 1. The average molecular weight is 1060 g/mol. The van der Waals surface area contributed by atoms with Crippen molar-refractivity contribution >= 4 is 23.4 Å². The highest BCUT2D eigenvalue weighted by Crippen LogP contribution is 2.31. The number of pyridine rings is 2. The molecule has 2 amide bonds. The second-order valence-electron chi connectivity index (χ2n) is 18.4. The Balaban J connectivity index is 0.000000158. The summed E-state index contributed by atoms with van der Waals surface area (Å²) in [6.07, 6.45) is 15.0. The zero-order chi connectivity index (χ0) is 54.0. The van der Waals surface area contributed by atoms with Crippen LogP contribution in [0, 0.1) is 13.8 Å². The van der Waals surface area contributed by atoms with Crippen LogP contribution in [0.4, 0.5) is 0 Å². The summed E-state index contributed by atoms with van der Waals surface area (Å²) in [7, 11) is 0. The second-order valence-corrected chi connectivity index (χ2v) is 18.4. The Bertz CT molecular complexity index is 3830. The number of oxazole rings is 8. The normalized spacial score (nSPS) is 14.1. The van der Waals surface area contributed by atoms with Gasteiger partial charge in [-0.2, -0.15) is 0 Å². The van der Waals surface area contributed by atoms with Crippen LogP contribution in [0.3, 0.4) is 0 Å². The summed E-state index contributed by atoms with van der Waals surface area (Å²) >= 11 is 0. The van der Waals surface area contributed by atoms with Gasteiger partial charge in [-0.25, -0.2) is 49.8 Å². The van der Waals surface area contributed by atoms with Gasteiger partial charge in [0, 0.05) is 25.9 Å². The number of nitrogens with one attached hydrogen (secondary N) is 2.